The standard InChI is InChI=1S/C20H30N6O2.H2/c1-26(2)19(28)13-6-8-15(9-7-13)24-20-22-12-14(11-21)18(25-20)23-16-4-3-5-17(27)10-16;/h12-13,15-17,27H,3-10H2,1-2H3,(H2,22,23,24,25);1H/t13?,15?,16-,17+;/m1./s1. The SMILES string of the molecule is CN(C)C(=O)C1CCC(Nc2ncc(C#N)c(N[C@@H]3CCC[C@H](O)C3)n2)CC1.[HH]. The Kier molecular flexibility index (Phi) is 6.68. The predicted octanol–water partition coefficient (Wildman–Crippen LogP) is 2.37. The van der Waals surface area contributed by atoms with Gasteiger partial charge in [0.1, 0.15) is 17.5 Å². The van der Waals surface area contributed by atoms with Gasteiger partial charge in [-0.3, -0.25) is 4.79 Å². The van der Waals surface area contributed by atoms with Crippen molar-refractivity contribution in [3.63, 3.8) is 0 Å². The highest BCUT2D eigenvalue weighted by Crippen LogP contribution is 2.28. The Labute approximate surface area is 167 Å². The van der Waals surface area contributed by atoms with E-state index < -0.39 is 0 Å². The van der Waals surface area contributed by atoms with Crippen molar-refractivity contribution in [2.24, 2.45) is 5.92 Å². The molecule has 2 fully saturated rings. The maximum atomic E-state index is 12.1. The van der Waals surface area contributed by atoms with E-state index in [0.29, 0.717) is 23.8 Å². The monoisotopic (exact) mass is 388 g/mol. The molecule has 0 spiro atoms. The molecule has 1 aromatic rings. The van der Waals surface area contributed by atoms with E-state index in [1.165, 1.54) is 6.20 Å². The van der Waals surface area contributed by atoms with Gasteiger partial charge in [-0.15, -0.1) is 0 Å². The van der Waals surface area contributed by atoms with Gasteiger partial charge in [0.15, 0.2) is 0 Å². The molecule has 8 heteroatoms. The van der Waals surface area contributed by atoms with E-state index in [1.807, 2.05) is 0 Å². The van der Waals surface area contributed by atoms with Crippen LogP contribution in [0.15, 0.2) is 6.20 Å². The first-order valence-corrected chi connectivity index (χ1v) is 10.2. The molecule has 0 aliphatic heterocycles. The van der Waals surface area contributed by atoms with Gasteiger partial charge >= 0.3 is 0 Å². The van der Waals surface area contributed by atoms with Crippen molar-refractivity contribution in [3.05, 3.63) is 11.8 Å². The summed E-state index contributed by atoms with van der Waals surface area (Å²) in [4.78, 5) is 22.6. The first-order valence-electron chi connectivity index (χ1n) is 10.2. The normalized spacial score (nSPS) is 27.5. The summed E-state index contributed by atoms with van der Waals surface area (Å²) < 4.78 is 0. The van der Waals surface area contributed by atoms with E-state index in [2.05, 4.69) is 26.7 Å². The van der Waals surface area contributed by atoms with E-state index in [4.69, 9.17) is 0 Å². The number of aliphatic hydroxyl groups is 1. The molecule has 0 bridgehead atoms. The quantitative estimate of drug-likeness (QED) is 0.709. The van der Waals surface area contributed by atoms with Crippen LogP contribution in [0, 0.1) is 17.2 Å². The van der Waals surface area contributed by atoms with E-state index >= 15 is 0 Å². The lowest BCUT2D eigenvalue weighted by molar-refractivity contribution is -0.133. The molecule has 8 nitrogen and oxygen atoms in total. The number of nitriles is 1. The van der Waals surface area contributed by atoms with E-state index in [1.54, 1.807) is 19.0 Å². The van der Waals surface area contributed by atoms with Gasteiger partial charge in [-0.25, -0.2) is 4.98 Å². The predicted molar refractivity (Wildman–Crippen MR) is 109 cm³/mol. The first kappa shape index (κ1) is 20.3. The number of aliphatic hydroxyl groups excluding tert-OH is 1. The number of carbonyl (C=O) groups excluding carboxylic acids is 1. The van der Waals surface area contributed by atoms with Crippen LogP contribution in [-0.4, -0.2) is 58.2 Å². The Balaban J connectivity index is 0.00000300. The highest BCUT2D eigenvalue weighted by atomic mass is 16.3. The number of hydrogen-bond acceptors (Lipinski definition) is 7. The van der Waals surface area contributed by atoms with Crippen LogP contribution in [-0.2, 0) is 4.79 Å². The van der Waals surface area contributed by atoms with E-state index in [9.17, 15) is 15.2 Å². The Morgan fingerprint density at radius 2 is 1.96 bits per heavy atom. The second-order valence-electron chi connectivity index (χ2n) is 8.15. The van der Waals surface area contributed by atoms with E-state index in [-0.39, 0.29) is 31.4 Å². The molecule has 0 radical (unpaired) electrons. The van der Waals surface area contributed by atoms with Gasteiger partial charge in [0, 0.05) is 33.5 Å². The zero-order valence-electron chi connectivity index (χ0n) is 16.7. The summed E-state index contributed by atoms with van der Waals surface area (Å²) in [5.74, 6) is 1.33. The number of hydrogen-bond donors (Lipinski definition) is 3. The minimum absolute atomic E-state index is 0. The second-order valence-corrected chi connectivity index (χ2v) is 8.15. The lowest BCUT2D eigenvalue weighted by atomic mass is 9.85. The Morgan fingerprint density at radius 1 is 1.21 bits per heavy atom. The van der Waals surface area contributed by atoms with Crippen LogP contribution in [0.5, 0.6) is 0 Å². The lowest BCUT2D eigenvalue weighted by Crippen LogP contribution is -2.35. The minimum atomic E-state index is -0.295. The summed E-state index contributed by atoms with van der Waals surface area (Å²) in [5.41, 5.74) is 0.408. The number of rotatable bonds is 5. The fraction of sp³-hybridized carbons (Fsp3) is 0.700. The minimum Gasteiger partial charge on any atom is -0.393 e. The molecule has 0 aromatic carbocycles. The summed E-state index contributed by atoms with van der Waals surface area (Å²) in [6.45, 7) is 0. The molecule has 2 atom stereocenters. The molecule has 2 aliphatic carbocycles. The van der Waals surface area contributed by atoms with Crippen LogP contribution in [0.1, 0.15) is 58.4 Å². The van der Waals surface area contributed by atoms with E-state index in [0.717, 1.165) is 44.9 Å². The summed E-state index contributed by atoms with van der Waals surface area (Å²) >= 11 is 0. The maximum absolute atomic E-state index is 12.1. The number of anilines is 2. The molecular weight excluding hydrogens is 356 g/mol. The molecule has 2 saturated carbocycles. The van der Waals surface area contributed by atoms with Crippen LogP contribution in [0.3, 0.4) is 0 Å². The molecule has 2 aliphatic rings. The third kappa shape index (κ3) is 5.10. The molecular formula is C20H32N6O2. The molecule has 1 aromatic heterocycles. The zero-order valence-corrected chi connectivity index (χ0v) is 16.7. The topological polar surface area (TPSA) is 114 Å². The van der Waals surface area contributed by atoms with Gasteiger partial charge < -0.3 is 20.6 Å². The van der Waals surface area contributed by atoms with Crippen LogP contribution < -0.4 is 10.6 Å². The molecule has 0 unspecified atom stereocenters. The van der Waals surface area contributed by atoms with Gasteiger partial charge in [0.25, 0.3) is 0 Å². The average molecular weight is 389 g/mol. The number of nitrogens with one attached hydrogen (secondary N) is 2. The van der Waals surface area contributed by atoms with Gasteiger partial charge in [-0.2, -0.15) is 10.2 Å². The van der Waals surface area contributed by atoms with Crippen LogP contribution in [0.4, 0.5) is 11.8 Å². The van der Waals surface area contributed by atoms with Crippen molar-refractivity contribution in [2.45, 2.75) is 69.6 Å². The molecule has 3 N–H and O–H groups in total. The highest BCUT2D eigenvalue weighted by molar-refractivity contribution is 5.78. The van der Waals surface area contributed by atoms with Crippen LogP contribution in [0.25, 0.3) is 0 Å². The zero-order chi connectivity index (χ0) is 20.1. The number of nitrogens with zero attached hydrogens (tertiary/aromatic N) is 4. The molecule has 154 valence electrons. The first-order chi connectivity index (χ1) is 13.5. The largest absolute Gasteiger partial charge is 0.393 e. The van der Waals surface area contributed by atoms with Crippen molar-refractivity contribution >= 4 is 17.7 Å². The summed E-state index contributed by atoms with van der Waals surface area (Å²) in [7, 11) is 3.61. The Bertz CT molecular complexity index is 730. The maximum Gasteiger partial charge on any atom is 0.225 e. The van der Waals surface area contributed by atoms with Gasteiger partial charge in [0.2, 0.25) is 11.9 Å². The molecule has 1 amide bonds. The van der Waals surface area contributed by atoms with Crippen LogP contribution in [0.2, 0.25) is 0 Å². The molecule has 3 rings (SSSR count). The number of aromatic nitrogens is 2. The van der Waals surface area contributed by atoms with Crippen molar-refractivity contribution in [1.82, 2.24) is 14.9 Å². The summed E-state index contributed by atoms with van der Waals surface area (Å²) in [5, 5.41) is 25.9. The average Bonchev–Trinajstić information content (AvgIpc) is 2.68. The fourth-order valence-corrected chi connectivity index (χ4v) is 4.16. The van der Waals surface area contributed by atoms with Gasteiger partial charge in [-0.05, 0) is 51.4 Å². The Morgan fingerprint density at radius 3 is 2.61 bits per heavy atom. The molecule has 0 saturated heterocycles. The van der Waals surface area contributed by atoms with Crippen LogP contribution >= 0.6 is 0 Å². The number of amides is 1. The fourth-order valence-electron chi connectivity index (χ4n) is 4.16. The second kappa shape index (κ2) is 9.20. The lowest BCUT2D eigenvalue weighted by Gasteiger charge is -2.30. The molecule has 1 heterocycles. The Hall–Kier alpha value is -2.40. The summed E-state index contributed by atoms with van der Waals surface area (Å²) in [6, 6.07) is 2.48. The number of carbonyl (C=O) groups is 1. The highest BCUT2D eigenvalue weighted by Gasteiger charge is 2.28. The van der Waals surface area contributed by atoms with Crippen molar-refractivity contribution in [2.75, 3.05) is 24.7 Å². The van der Waals surface area contributed by atoms with Crippen molar-refractivity contribution < 1.29 is 11.3 Å². The molecule has 28 heavy (non-hydrogen) atoms. The third-order valence-electron chi connectivity index (χ3n) is 5.75. The van der Waals surface area contributed by atoms with Gasteiger partial charge in [-0.1, -0.05) is 0 Å². The smallest absolute Gasteiger partial charge is 0.225 e. The third-order valence-corrected chi connectivity index (χ3v) is 5.75. The van der Waals surface area contributed by atoms with Gasteiger partial charge in [0.05, 0.1) is 12.3 Å². The summed E-state index contributed by atoms with van der Waals surface area (Å²) in [6.07, 6.45) is 8.17. The van der Waals surface area contributed by atoms with Crippen molar-refractivity contribution in [1.29, 1.82) is 5.26 Å². The van der Waals surface area contributed by atoms with Crippen molar-refractivity contribution in [3.8, 4) is 6.07 Å².